The lowest BCUT2D eigenvalue weighted by Crippen LogP contribution is -2.13. The Balaban J connectivity index is 1.78. The van der Waals surface area contributed by atoms with Gasteiger partial charge in [-0.05, 0) is 66.8 Å². The number of aryl methyl sites for hydroxylation is 2. The van der Waals surface area contributed by atoms with Crippen LogP contribution in [0.2, 0.25) is 0 Å². The molecule has 0 saturated heterocycles. The summed E-state index contributed by atoms with van der Waals surface area (Å²) in [5.74, 6) is -0.0273. The van der Waals surface area contributed by atoms with E-state index >= 15 is 0 Å². The third kappa shape index (κ3) is 3.61. The first-order valence-electron chi connectivity index (χ1n) is 7.13. The molecule has 4 nitrogen and oxygen atoms in total. The number of halogens is 2. The van der Waals surface area contributed by atoms with Crippen LogP contribution in [0.4, 0.5) is 14.5 Å². The molecule has 0 atom stereocenters. The number of ether oxygens (including phenoxy) is 1. The molecule has 0 amide bonds. The molecule has 0 radical (unpaired) electrons. The molecule has 0 unspecified atom stereocenters. The Morgan fingerprint density at radius 3 is 2.39 bits per heavy atom. The van der Waals surface area contributed by atoms with Gasteiger partial charge in [-0.15, -0.1) is 0 Å². The Morgan fingerprint density at radius 2 is 1.70 bits per heavy atom. The van der Waals surface area contributed by atoms with Crippen molar-refractivity contribution in [1.29, 1.82) is 0 Å². The van der Waals surface area contributed by atoms with Crippen LogP contribution in [0, 0.1) is 0 Å². The van der Waals surface area contributed by atoms with E-state index in [1.807, 2.05) is 6.07 Å². The van der Waals surface area contributed by atoms with Gasteiger partial charge < -0.3 is 4.74 Å². The maximum absolute atomic E-state index is 12.4. The first-order chi connectivity index (χ1) is 10.9. The number of anilines is 1. The van der Waals surface area contributed by atoms with Gasteiger partial charge in [0.2, 0.25) is 0 Å². The summed E-state index contributed by atoms with van der Waals surface area (Å²) in [6.45, 7) is -2.91. The summed E-state index contributed by atoms with van der Waals surface area (Å²) in [7, 11) is -3.71. The van der Waals surface area contributed by atoms with Crippen LogP contribution in [0.5, 0.6) is 5.75 Å². The fourth-order valence-electron chi connectivity index (χ4n) is 2.63. The standard InChI is InChI=1S/C16H15F2NO3S/c17-16(18)22-14-7-5-13(6-8-14)19-23(20,21)15-9-4-11-2-1-3-12(11)10-15/h4-10,16,19H,1-3H2. The van der Waals surface area contributed by atoms with E-state index < -0.39 is 16.6 Å². The first kappa shape index (κ1) is 15.7. The quantitative estimate of drug-likeness (QED) is 0.906. The van der Waals surface area contributed by atoms with Crippen molar-refractivity contribution in [2.45, 2.75) is 30.8 Å². The molecular weight excluding hydrogens is 324 g/mol. The summed E-state index contributed by atoms with van der Waals surface area (Å²) in [4.78, 5) is 0.200. The number of fused-ring (bicyclic) bond motifs is 1. The number of hydrogen-bond donors (Lipinski definition) is 1. The van der Waals surface area contributed by atoms with Crippen LogP contribution < -0.4 is 9.46 Å². The molecule has 0 spiro atoms. The lowest BCUT2D eigenvalue weighted by atomic mass is 10.1. The van der Waals surface area contributed by atoms with Crippen LogP contribution in [0.3, 0.4) is 0 Å². The Kier molecular flexibility index (Phi) is 4.21. The molecule has 0 heterocycles. The van der Waals surface area contributed by atoms with E-state index in [-0.39, 0.29) is 16.3 Å². The van der Waals surface area contributed by atoms with Gasteiger partial charge in [-0.25, -0.2) is 8.42 Å². The van der Waals surface area contributed by atoms with Gasteiger partial charge in [0, 0.05) is 5.69 Å². The highest BCUT2D eigenvalue weighted by molar-refractivity contribution is 7.92. The van der Waals surface area contributed by atoms with Crippen molar-refractivity contribution in [1.82, 2.24) is 0 Å². The molecule has 0 saturated carbocycles. The van der Waals surface area contributed by atoms with E-state index in [4.69, 9.17) is 0 Å². The SMILES string of the molecule is O=S(=O)(Nc1ccc(OC(F)F)cc1)c1ccc2c(c1)CCC2. The molecule has 23 heavy (non-hydrogen) atoms. The van der Waals surface area contributed by atoms with Crippen LogP contribution in [0.25, 0.3) is 0 Å². The van der Waals surface area contributed by atoms with Gasteiger partial charge in [0.1, 0.15) is 5.75 Å². The molecular formula is C16H15F2NO3S. The van der Waals surface area contributed by atoms with Gasteiger partial charge in [0.25, 0.3) is 10.0 Å². The normalized spacial score (nSPS) is 13.9. The van der Waals surface area contributed by atoms with Crippen LogP contribution in [-0.4, -0.2) is 15.0 Å². The second kappa shape index (κ2) is 6.16. The summed E-state index contributed by atoms with van der Waals surface area (Å²) in [6, 6.07) is 10.4. The van der Waals surface area contributed by atoms with Crippen LogP contribution in [-0.2, 0) is 22.9 Å². The summed E-state index contributed by atoms with van der Waals surface area (Å²) < 4.78 is 55.6. The molecule has 7 heteroatoms. The van der Waals surface area contributed by atoms with Crippen LogP contribution in [0.15, 0.2) is 47.4 Å². The molecule has 0 bridgehead atoms. The van der Waals surface area contributed by atoms with Crippen molar-refractivity contribution < 1.29 is 21.9 Å². The predicted octanol–water partition coefficient (Wildman–Crippen LogP) is 3.58. The van der Waals surface area contributed by atoms with Gasteiger partial charge in [0.15, 0.2) is 0 Å². The second-order valence-corrected chi connectivity index (χ2v) is 6.97. The van der Waals surface area contributed by atoms with E-state index in [2.05, 4.69) is 9.46 Å². The number of benzene rings is 2. The van der Waals surface area contributed by atoms with Crippen molar-refractivity contribution in [3.05, 3.63) is 53.6 Å². The Hall–Kier alpha value is -2.15. The van der Waals surface area contributed by atoms with E-state index in [0.717, 1.165) is 24.8 Å². The molecule has 2 aromatic rings. The fourth-order valence-corrected chi connectivity index (χ4v) is 3.74. The van der Waals surface area contributed by atoms with Gasteiger partial charge in [-0.2, -0.15) is 8.78 Å². The molecule has 1 N–H and O–H groups in total. The second-order valence-electron chi connectivity index (χ2n) is 5.29. The zero-order chi connectivity index (χ0) is 16.4. The van der Waals surface area contributed by atoms with Gasteiger partial charge in [-0.1, -0.05) is 6.07 Å². The van der Waals surface area contributed by atoms with E-state index in [1.165, 1.54) is 29.8 Å². The highest BCUT2D eigenvalue weighted by atomic mass is 32.2. The lowest BCUT2D eigenvalue weighted by molar-refractivity contribution is -0.0498. The Labute approximate surface area is 133 Å². The number of rotatable bonds is 5. The van der Waals surface area contributed by atoms with Crippen molar-refractivity contribution in [2.75, 3.05) is 4.72 Å². The Bertz CT molecular complexity index is 805. The van der Waals surface area contributed by atoms with E-state index in [9.17, 15) is 17.2 Å². The molecule has 0 fully saturated rings. The van der Waals surface area contributed by atoms with Crippen LogP contribution >= 0.6 is 0 Å². The molecule has 0 aliphatic heterocycles. The third-order valence-electron chi connectivity index (χ3n) is 3.71. The highest BCUT2D eigenvalue weighted by Gasteiger charge is 2.18. The molecule has 1 aliphatic carbocycles. The number of nitrogens with one attached hydrogen (secondary N) is 1. The lowest BCUT2D eigenvalue weighted by Gasteiger charge is -2.10. The predicted molar refractivity (Wildman–Crippen MR) is 82.3 cm³/mol. The Morgan fingerprint density at radius 1 is 1.00 bits per heavy atom. The van der Waals surface area contributed by atoms with Crippen molar-refractivity contribution in [3.63, 3.8) is 0 Å². The number of sulfonamides is 1. The molecule has 122 valence electrons. The maximum atomic E-state index is 12.4. The zero-order valence-corrected chi connectivity index (χ0v) is 12.9. The maximum Gasteiger partial charge on any atom is 0.387 e. The van der Waals surface area contributed by atoms with Gasteiger partial charge in [0.05, 0.1) is 4.90 Å². The first-order valence-corrected chi connectivity index (χ1v) is 8.62. The monoisotopic (exact) mass is 339 g/mol. The third-order valence-corrected chi connectivity index (χ3v) is 5.09. The number of hydrogen-bond acceptors (Lipinski definition) is 3. The van der Waals surface area contributed by atoms with E-state index in [0.29, 0.717) is 0 Å². The van der Waals surface area contributed by atoms with E-state index in [1.54, 1.807) is 12.1 Å². The van der Waals surface area contributed by atoms with Crippen molar-refractivity contribution >= 4 is 15.7 Å². The largest absolute Gasteiger partial charge is 0.435 e. The zero-order valence-electron chi connectivity index (χ0n) is 12.1. The minimum absolute atomic E-state index is 0.0273. The topological polar surface area (TPSA) is 55.4 Å². The summed E-state index contributed by atoms with van der Waals surface area (Å²) >= 11 is 0. The highest BCUT2D eigenvalue weighted by Crippen LogP contribution is 2.26. The minimum atomic E-state index is -3.71. The minimum Gasteiger partial charge on any atom is -0.435 e. The molecule has 1 aliphatic rings. The summed E-state index contributed by atoms with van der Waals surface area (Å²) in [6.07, 6.45) is 2.91. The smallest absolute Gasteiger partial charge is 0.387 e. The number of alkyl halides is 2. The average Bonchev–Trinajstić information content (AvgIpc) is 2.96. The summed E-state index contributed by atoms with van der Waals surface area (Å²) in [5.41, 5.74) is 2.54. The molecule has 3 rings (SSSR count). The fraction of sp³-hybridized carbons (Fsp3) is 0.250. The van der Waals surface area contributed by atoms with Gasteiger partial charge in [-0.3, -0.25) is 4.72 Å². The average molecular weight is 339 g/mol. The summed E-state index contributed by atoms with van der Waals surface area (Å²) in [5, 5.41) is 0. The van der Waals surface area contributed by atoms with Crippen LogP contribution in [0.1, 0.15) is 17.5 Å². The van der Waals surface area contributed by atoms with Crippen molar-refractivity contribution in [3.8, 4) is 5.75 Å². The molecule has 0 aromatic heterocycles. The van der Waals surface area contributed by atoms with Gasteiger partial charge >= 0.3 is 6.61 Å². The molecule has 2 aromatic carbocycles. The van der Waals surface area contributed by atoms with Crippen molar-refractivity contribution in [2.24, 2.45) is 0 Å².